The molecule has 0 N–H and O–H groups in total. The Kier molecular flexibility index (Phi) is 4.14. The van der Waals surface area contributed by atoms with Gasteiger partial charge in [-0.15, -0.1) is 23.5 Å². The van der Waals surface area contributed by atoms with Crippen molar-refractivity contribution < 1.29 is 0 Å². The third-order valence-electron chi connectivity index (χ3n) is 5.32. The fourth-order valence-corrected chi connectivity index (χ4v) is 8.28. The number of allylic oxidation sites excluding steroid dienone is 2. The normalized spacial score (nSPS) is 23.2. The molecular weight excluding hydrogens is 520 g/mol. The summed E-state index contributed by atoms with van der Waals surface area (Å²) in [5, 5.41) is 10.9. The molecule has 2 heterocycles. The Morgan fingerprint density at radius 2 is 1.19 bits per heavy atom. The van der Waals surface area contributed by atoms with Gasteiger partial charge in [-0.3, -0.25) is 0 Å². The van der Waals surface area contributed by atoms with E-state index in [2.05, 4.69) is 91.2 Å². The van der Waals surface area contributed by atoms with Gasteiger partial charge in [0.1, 0.15) is 0 Å². The summed E-state index contributed by atoms with van der Waals surface area (Å²) in [4.78, 5) is 2.63. The van der Waals surface area contributed by atoms with Gasteiger partial charge in [0.15, 0.2) is 0 Å². The minimum atomic E-state index is 0.474. The van der Waals surface area contributed by atoms with Gasteiger partial charge in [0.2, 0.25) is 0 Å². The molecule has 0 amide bonds. The zero-order valence-corrected chi connectivity index (χ0v) is 19.5. The number of hydrogen-bond donors (Lipinski definition) is 0. The lowest BCUT2D eigenvalue weighted by Crippen LogP contribution is -2.27. The van der Waals surface area contributed by atoms with Crippen LogP contribution in [0.25, 0.3) is 23.3 Å². The van der Waals surface area contributed by atoms with Crippen LogP contribution in [0.4, 0.5) is 0 Å². The van der Waals surface area contributed by atoms with E-state index in [-0.39, 0.29) is 0 Å². The Hall–Kier alpha value is -0.590. The molecule has 2 atom stereocenters. The van der Waals surface area contributed by atoms with Crippen molar-refractivity contribution >= 4 is 90.4 Å². The summed E-state index contributed by atoms with van der Waals surface area (Å²) in [5.41, 5.74) is 2.89. The average molecular weight is 532 g/mol. The van der Waals surface area contributed by atoms with Crippen LogP contribution in [0.3, 0.4) is 0 Å². The predicted octanol–water partition coefficient (Wildman–Crippen LogP) is 4.51. The smallest absolute Gasteiger partial charge is 0.0534 e. The Morgan fingerprint density at radius 1 is 0.704 bits per heavy atom. The van der Waals surface area contributed by atoms with Crippen LogP contribution < -0.4 is 20.9 Å². The first-order valence-electron chi connectivity index (χ1n) is 8.62. The first-order valence-corrected chi connectivity index (χ1v) is 12.9. The van der Waals surface area contributed by atoms with E-state index >= 15 is 0 Å². The molecule has 0 fully saturated rings. The second-order valence-corrected chi connectivity index (χ2v) is 11.6. The van der Waals surface area contributed by atoms with Gasteiger partial charge < -0.3 is 0 Å². The lowest BCUT2D eigenvalue weighted by atomic mass is 10.2. The molecule has 0 radical (unpaired) electrons. The molecule has 2 aliphatic carbocycles. The minimum Gasteiger partial charge on any atom is -0.122 e. The van der Waals surface area contributed by atoms with Crippen molar-refractivity contribution in [2.24, 2.45) is 0 Å². The maximum absolute atomic E-state index is 3.82. The molecule has 27 heavy (non-hydrogen) atoms. The molecule has 6 rings (SSSR count). The van der Waals surface area contributed by atoms with Crippen molar-refractivity contribution in [3.63, 3.8) is 0 Å². The molecule has 0 saturated heterocycles. The first-order chi connectivity index (χ1) is 13.2. The average Bonchev–Trinajstić information content (AvgIpc) is 3.39. The van der Waals surface area contributed by atoms with E-state index in [9.17, 15) is 0 Å². The van der Waals surface area contributed by atoms with Gasteiger partial charge in [-0.05, 0) is 86.8 Å². The van der Waals surface area contributed by atoms with E-state index < -0.39 is 0 Å². The highest BCUT2D eigenvalue weighted by Crippen LogP contribution is 2.38. The van der Waals surface area contributed by atoms with Gasteiger partial charge >= 0.3 is 0 Å². The van der Waals surface area contributed by atoms with Crippen molar-refractivity contribution in [3.05, 3.63) is 77.1 Å². The molecule has 4 aliphatic rings. The van der Waals surface area contributed by atoms with Gasteiger partial charge in [-0.2, -0.15) is 0 Å². The molecule has 2 aromatic carbocycles. The van der Waals surface area contributed by atoms with Crippen molar-refractivity contribution in [2.75, 3.05) is 0 Å². The monoisotopic (exact) mass is 530 g/mol. The zero-order valence-electron chi connectivity index (χ0n) is 13.9. The fourth-order valence-electron chi connectivity index (χ4n) is 4.07. The van der Waals surface area contributed by atoms with Crippen LogP contribution in [-0.2, 0) is 0 Å². The van der Waals surface area contributed by atoms with E-state index in [0.29, 0.717) is 10.5 Å². The number of thioether (sulfide) groups is 2. The Bertz CT molecular complexity index is 1230. The molecule has 0 aromatic heterocycles. The van der Waals surface area contributed by atoms with E-state index in [0.717, 1.165) is 0 Å². The summed E-state index contributed by atoms with van der Waals surface area (Å²) in [7, 11) is 0. The summed E-state index contributed by atoms with van der Waals surface area (Å²) >= 11 is 13.3. The Balaban J connectivity index is 1.59. The van der Waals surface area contributed by atoms with Gasteiger partial charge in [0.05, 0.1) is 10.5 Å². The van der Waals surface area contributed by atoms with Crippen LogP contribution >= 0.6 is 67.1 Å². The quantitative estimate of drug-likeness (QED) is 0.559. The fraction of sp³-hybridized carbons (Fsp3) is 0.0909. The molecular formula is C22H12Br2S3. The Labute approximate surface area is 186 Å². The lowest BCUT2D eigenvalue weighted by molar-refractivity contribution is 1.25. The topological polar surface area (TPSA) is 0 Å². The molecule has 132 valence electrons. The zero-order chi connectivity index (χ0) is 18.1. The van der Waals surface area contributed by atoms with E-state index in [1.807, 2.05) is 35.3 Å². The maximum Gasteiger partial charge on any atom is 0.0534 e. The van der Waals surface area contributed by atoms with Gasteiger partial charge in [-0.1, -0.05) is 48.2 Å². The highest BCUT2D eigenvalue weighted by atomic mass is 79.9. The van der Waals surface area contributed by atoms with Gasteiger partial charge in [-0.25, -0.2) is 0 Å². The van der Waals surface area contributed by atoms with Crippen molar-refractivity contribution in [1.82, 2.24) is 0 Å². The largest absolute Gasteiger partial charge is 0.122 e. The van der Waals surface area contributed by atoms with Crippen LogP contribution in [-0.4, -0.2) is 10.5 Å². The van der Waals surface area contributed by atoms with Crippen LogP contribution in [0.2, 0.25) is 0 Å². The molecule has 0 nitrogen and oxygen atoms in total. The maximum atomic E-state index is 3.82. The first kappa shape index (κ1) is 17.3. The molecule has 2 aromatic rings. The highest BCUT2D eigenvalue weighted by molar-refractivity contribution is 9.11. The standard InChI is InChI=1S/C22H12Br2S3/c23-17-3-1-11-13-5-7-25-19(13)9-15(11)21(17)27-22-16-10-20-14(6-8-26-20)12(16)2-4-18(22)24/h1-10,19-20H. The SMILES string of the molecule is Brc1ccc2c(c1Sc1c(Br)ccc3c1=CC1SC=CC=31)=CC1SC=CC=21. The summed E-state index contributed by atoms with van der Waals surface area (Å²) < 4.78 is 2.34. The van der Waals surface area contributed by atoms with Crippen LogP contribution in [0.5, 0.6) is 0 Å². The van der Waals surface area contributed by atoms with Crippen LogP contribution in [0.1, 0.15) is 0 Å². The molecule has 0 bridgehead atoms. The van der Waals surface area contributed by atoms with Gasteiger partial charge in [0.25, 0.3) is 0 Å². The summed E-state index contributed by atoms with van der Waals surface area (Å²) in [6, 6.07) is 8.90. The molecule has 0 saturated carbocycles. The minimum absolute atomic E-state index is 0.474. The van der Waals surface area contributed by atoms with Crippen molar-refractivity contribution in [2.45, 2.75) is 20.3 Å². The number of rotatable bonds is 2. The van der Waals surface area contributed by atoms with E-state index in [4.69, 9.17) is 0 Å². The molecule has 2 aliphatic heterocycles. The van der Waals surface area contributed by atoms with Crippen LogP contribution in [0.15, 0.2) is 66.0 Å². The molecule has 2 unspecified atom stereocenters. The number of benzene rings is 2. The highest BCUT2D eigenvalue weighted by Gasteiger charge is 2.25. The Morgan fingerprint density at radius 3 is 1.67 bits per heavy atom. The van der Waals surface area contributed by atoms with Crippen molar-refractivity contribution in [3.8, 4) is 0 Å². The third kappa shape index (κ3) is 2.58. The number of hydrogen-bond acceptors (Lipinski definition) is 3. The molecule has 0 spiro atoms. The second kappa shape index (κ2) is 6.46. The second-order valence-electron chi connectivity index (χ2n) is 6.74. The van der Waals surface area contributed by atoms with Gasteiger partial charge in [0, 0.05) is 18.7 Å². The number of fused-ring (bicyclic) bond motifs is 4. The molecule has 5 heteroatoms. The van der Waals surface area contributed by atoms with E-state index in [1.54, 1.807) is 0 Å². The predicted molar refractivity (Wildman–Crippen MR) is 128 cm³/mol. The van der Waals surface area contributed by atoms with Crippen molar-refractivity contribution in [1.29, 1.82) is 0 Å². The summed E-state index contributed by atoms with van der Waals surface area (Å²) in [6.07, 6.45) is 9.38. The summed E-state index contributed by atoms with van der Waals surface area (Å²) in [5.74, 6) is 0. The number of halogens is 2. The van der Waals surface area contributed by atoms with E-state index in [1.165, 1.54) is 50.8 Å². The lowest BCUT2D eigenvalue weighted by Gasteiger charge is -2.09. The summed E-state index contributed by atoms with van der Waals surface area (Å²) in [6.45, 7) is 0. The van der Waals surface area contributed by atoms with Crippen LogP contribution in [0, 0.1) is 0 Å². The third-order valence-corrected chi connectivity index (χ3v) is 10.4.